The highest BCUT2D eigenvalue weighted by Crippen LogP contribution is 1.99. The summed E-state index contributed by atoms with van der Waals surface area (Å²) in [5, 5.41) is 2.61. The number of carbonyl (C=O) groups excluding carboxylic acids is 1. The third-order valence-electron chi connectivity index (χ3n) is 1.37. The summed E-state index contributed by atoms with van der Waals surface area (Å²) in [6.07, 6.45) is 0.967. The number of hydrogen-bond acceptors (Lipinski definition) is 4. The molecular weight excluding hydrogens is 218 g/mol. The highest BCUT2D eigenvalue weighted by molar-refractivity contribution is 7.90. The van der Waals surface area contributed by atoms with Crippen LogP contribution in [0.2, 0.25) is 0 Å². The van der Waals surface area contributed by atoms with Gasteiger partial charge in [0.1, 0.15) is 9.84 Å². The van der Waals surface area contributed by atoms with Gasteiger partial charge in [-0.25, -0.2) is 13.2 Å². The topological polar surface area (TPSA) is 72.5 Å². The number of carbonyl (C=O) groups is 1. The zero-order valence-electron chi connectivity index (χ0n) is 9.66. The first-order chi connectivity index (χ1) is 6.60. The van der Waals surface area contributed by atoms with E-state index in [-0.39, 0.29) is 17.9 Å². The van der Waals surface area contributed by atoms with Crippen molar-refractivity contribution in [3.63, 3.8) is 0 Å². The van der Waals surface area contributed by atoms with Crippen molar-refractivity contribution in [3.05, 3.63) is 0 Å². The van der Waals surface area contributed by atoms with Gasteiger partial charge in [-0.1, -0.05) is 0 Å². The van der Waals surface area contributed by atoms with Crippen LogP contribution in [-0.2, 0) is 14.6 Å². The van der Waals surface area contributed by atoms with Crippen molar-refractivity contribution in [1.82, 2.24) is 5.32 Å². The van der Waals surface area contributed by atoms with Crippen LogP contribution in [0.3, 0.4) is 0 Å². The smallest absolute Gasteiger partial charge is 0.407 e. The van der Waals surface area contributed by atoms with Crippen molar-refractivity contribution in [2.24, 2.45) is 0 Å². The quantitative estimate of drug-likeness (QED) is 0.739. The molecule has 6 heteroatoms. The zero-order valence-corrected chi connectivity index (χ0v) is 10.5. The maximum absolute atomic E-state index is 11.1. The molecule has 0 aliphatic rings. The number of alkyl carbamates (subject to hydrolysis) is 1. The van der Waals surface area contributed by atoms with E-state index in [1.165, 1.54) is 0 Å². The highest BCUT2D eigenvalue weighted by atomic mass is 32.2. The van der Waals surface area contributed by atoms with E-state index in [1.54, 1.807) is 0 Å². The number of hydrogen-bond donors (Lipinski definition) is 1. The molecule has 1 N–H and O–H groups in total. The van der Waals surface area contributed by atoms with Gasteiger partial charge in [-0.05, 0) is 27.2 Å². The van der Waals surface area contributed by atoms with Gasteiger partial charge in [0.25, 0.3) is 0 Å². The molecule has 0 aliphatic carbocycles. The molecule has 0 bridgehead atoms. The van der Waals surface area contributed by atoms with E-state index >= 15 is 0 Å². The van der Waals surface area contributed by atoms with Gasteiger partial charge in [-0.2, -0.15) is 0 Å². The van der Waals surface area contributed by atoms with Crippen LogP contribution < -0.4 is 5.32 Å². The molecule has 0 aromatic rings. The molecule has 0 aromatic heterocycles. The largest absolute Gasteiger partial charge is 0.450 e. The Morgan fingerprint density at radius 2 is 1.87 bits per heavy atom. The lowest BCUT2D eigenvalue weighted by molar-refractivity contribution is 0.138. The van der Waals surface area contributed by atoms with Crippen LogP contribution in [0.5, 0.6) is 0 Å². The van der Waals surface area contributed by atoms with Crippen molar-refractivity contribution in [2.75, 3.05) is 18.6 Å². The molecule has 0 spiro atoms. The fourth-order valence-electron chi connectivity index (χ4n) is 0.828. The van der Waals surface area contributed by atoms with Crippen molar-refractivity contribution in [3.8, 4) is 0 Å². The number of nitrogens with one attached hydrogen (secondary N) is 1. The van der Waals surface area contributed by atoms with E-state index in [0.717, 1.165) is 6.26 Å². The molecule has 0 fully saturated rings. The minimum absolute atomic E-state index is 0.0375. The molecule has 0 atom stereocenters. The summed E-state index contributed by atoms with van der Waals surface area (Å²) < 4.78 is 26.3. The third-order valence-corrected chi connectivity index (χ3v) is 2.40. The van der Waals surface area contributed by atoms with Gasteiger partial charge in [0.2, 0.25) is 0 Å². The Morgan fingerprint density at radius 3 is 2.27 bits per heavy atom. The first-order valence-corrected chi connectivity index (χ1v) is 6.79. The molecular formula is C9H19NO4S. The summed E-state index contributed by atoms with van der Waals surface area (Å²) in [4.78, 5) is 11.1. The Kier molecular flexibility index (Phi) is 5.07. The SMILES string of the molecule is CC(C)(C)NC(=O)OCCCS(C)(=O)=O. The number of rotatable bonds is 4. The van der Waals surface area contributed by atoms with Crippen LogP contribution in [0.4, 0.5) is 4.79 Å². The molecule has 0 radical (unpaired) electrons. The van der Waals surface area contributed by atoms with Crippen molar-refractivity contribution in [1.29, 1.82) is 0 Å². The second kappa shape index (κ2) is 5.34. The molecule has 0 saturated carbocycles. The second-order valence-electron chi connectivity index (χ2n) is 4.49. The molecule has 0 heterocycles. The van der Waals surface area contributed by atoms with Crippen molar-refractivity contribution in [2.45, 2.75) is 32.7 Å². The third kappa shape index (κ3) is 11.1. The summed E-state index contributed by atoms with van der Waals surface area (Å²) in [5.74, 6) is 0.0375. The molecule has 0 aromatic carbocycles. The molecule has 15 heavy (non-hydrogen) atoms. The van der Waals surface area contributed by atoms with E-state index < -0.39 is 15.9 Å². The van der Waals surface area contributed by atoms with Crippen LogP contribution in [0.15, 0.2) is 0 Å². The fourth-order valence-corrected chi connectivity index (χ4v) is 1.47. The van der Waals surface area contributed by atoms with E-state index in [0.29, 0.717) is 6.42 Å². The maximum Gasteiger partial charge on any atom is 0.407 e. The van der Waals surface area contributed by atoms with Gasteiger partial charge in [0.15, 0.2) is 0 Å². The summed E-state index contributed by atoms with van der Waals surface area (Å²) >= 11 is 0. The molecule has 5 nitrogen and oxygen atoms in total. The summed E-state index contributed by atoms with van der Waals surface area (Å²) in [6.45, 7) is 5.63. The normalized spacial score (nSPS) is 12.3. The molecule has 90 valence electrons. The Balaban J connectivity index is 3.66. The number of sulfone groups is 1. The van der Waals surface area contributed by atoms with Crippen LogP contribution in [0.1, 0.15) is 27.2 Å². The highest BCUT2D eigenvalue weighted by Gasteiger charge is 2.14. The lowest BCUT2D eigenvalue weighted by atomic mass is 10.1. The van der Waals surface area contributed by atoms with Crippen LogP contribution in [0, 0.1) is 0 Å². The van der Waals surface area contributed by atoms with Gasteiger partial charge in [0, 0.05) is 11.8 Å². The van der Waals surface area contributed by atoms with Crippen LogP contribution >= 0.6 is 0 Å². The summed E-state index contributed by atoms with van der Waals surface area (Å²) in [6, 6.07) is 0. The van der Waals surface area contributed by atoms with Gasteiger partial charge < -0.3 is 10.1 Å². The van der Waals surface area contributed by atoms with Crippen LogP contribution in [0.25, 0.3) is 0 Å². The van der Waals surface area contributed by atoms with Gasteiger partial charge in [0.05, 0.1) is 12.4 Å². The summed E-state index contributed by atoms with van der Waals surface area (Å²) in [5.41, 5.74) is -0.339. The number of amides is 1. The van der Waals surface area contributed by atoms with E-state index in [2.05, 4.69) is 5.32 Å². The van der Waals surface area contributed by atoms with Crippen molar-refractivity contribution < 1.29 is 17.9 Å². The minimum Gasteiger partial charge on any atom is -0.450 e. The lowest BCUT2D eigenvalue weighted by Crippen LogP contribution is -2.41. The molecule has 0 saturated heterocycles. The van der Waals surface area contributed by atoms with Gasteiger partial charge in [-0.3, -0.25) is 0 Å². The first kappa shape index (κ1) is 14.2. The van der Waals surface area contributed by atoms with E-state index in [9.17, 15) is 13.2 Å². The Hall–Kier alpha value is -0.780. The second-order valence-corrected chi connectivity index (χ2v) is 6.75. The molecule has 0 unspecified atom stereocenters. The van der Waals surface area contributed by atoms with E-state index in [1.807, 2.05) is 20.8 Å². The fraction of sp³-hybridized carbons (Fsp3) is 0.889. The lowest BCUT2D eigenvalue weighted by Gasteiger charge is -2.19. The van der Waals surface area contributed by atoms with Gasteiger partial charge in [-0.15, -0.1) is 0 Å². The van der Waals surface area contributed by atoms with Gasteiger partial charge >= 0.3 is 6.09 Å². The average Bonchev–Trinajstić information content (AvgIpc) is 1.92. The monoisotopic (exact) mass is 237 g/mol. The average molecular weight is 237 g/mol. The Morgan fingerprint density at radius 1 is 1.33 bits per heavy atom. The zero-order chi connectivity index (χ0) is 12.1. The molecule has 1 amide bonds. The first-order valence-electron chi connectivity index (χ1n) is 4.73. The standard InChI is InChI=1S/C9H19NO4S/c1-9(2,3)10-8(11)14-6-5-7-15(4,12)13/h5-7H2,1-4H3,(H,10,11). The minimum atomic E-state index is -2.97. The molecule has 0 aliphatic heterocycles. The maximum atomic E-state index is 11.1. The summed E-state index contributed by atoms with van der Waals surface area (Å²) in [7, 11) is -2.97. The van der Waals surface area contributed by atoms with Crippen molar-refractivity contribution >= 4 is 15.9 Å². The Bertz CT molecular complexity index is 303. The Labute approximate surface area is 91.1 Å². The van der Waals surface area contributed by atoms with Crippen LogP contribution in [-0.4, -0.2) is 38.7 Å². The predicted molar refractivity (Wildman–Crippen MR) is 58.6 cm³/mol. The van der Waals surface area contributed by atoms with E-state index in [4.69, 9.17) is 4.74 Å². The predicted octanol–water partition coefficient (Wildman–Crippen LogP) is 0.946. The molecule has 0 rings (SSSR count). The number of ether oxygens (including phenoxy) is 1.